The summed E-state index contributed by atoms with van der Waals surface area (Å²) < 4.78 is 11.3. The Balaban J connectivity index is 1.59. The molecule has 23 heavy (non-hydrogen) atoms. The smallest absolute Gasteiger partial charge is 0.0901 e. The fourth-order valence-electron chi connectivity index (χ4n) is 4.33. The van der Waals surface area contributed by atoms with Crippen molar-refractivity contribution in [3.8, 4) is 0 Å². The molecule has 0 unspecified atom stereocenters. The molecule has 2 saturated carbocycles. The minimum atomic E-state index is 0.708. The first kappa shape index (κ1) is 18.6. The van der Waals surface area contributed by atoms with Gasteiger partial charge in [-0.25, -0.2) is 0 Å². The second-order valence-corrected chi connectivity index (χ2v) is 7.50. The van der Waals surface area contributed by atoms with Crippen LogP contribution in [0.15, 0.2) is 25.0 Å². The van der Waals surface area contributed by atoms with Crippen LogP contribution in [0.2, 0.25) is 0 Å². The van der Waals surface area contributed by atoms with Crippen LogP contribution in [0.5, 0.6) is 0 Å². The van der Waals surface area contributed by atoms with Crippen LogP contribution in [0, 0.1) is 23.7 Å². The molecule has 0 aromatic carbocycles. The summed E-state index contributed by atoms with van der Waals surface area (Å²) in [5.74, 6) is 3.54. The fraction of sp³-hybridized carbons (Fsp3) is 0.810. The Morgan fingerprint density at radius 3 is 1.96 bits per heavy atom. The molecule has 2 rings (SSSR count). The van der Waals surface area contributed by atoms with Crippen molar-refractivity contribution in [2.45, 2.75) is 64.7 Å². The number of allylic oxidation sites excluding steroid dienone is 1. The summed E-state index contributed by atoms with van der Waals surface area (Å²) in [5.41, 5.74) is 0. The van der Waals surface area contributed by atoms with Crippen LogP contribution in [0.3, 0.4) is 0 Å². The maximum atomic E-state index is 5.65. The normalized spacial score (nSPS) is 32.0. The minimum absolute atomic E-state index is 0.708. The summed E-state index contributed by atoms with van der Waals surface area (Å²) in [5, 5.41) is 0. The minimum Gasteiger partial charge on any atom is -0.501 e. The molecule has 0 aliphatic heterocycles. The molecule has 2 aliphatic carbocycles. The first-order valence-corrected chi connectivity index (χ1v) is 9.78. The molecule has 0 spiro atoms. The van der Waals surface area contributed by atoms with Gasteiger partial charge in [-0.2, -0.15) is 0 Å². The van der Waals surface area contributed by atoms with Gasteiger partial charge in [-0.3, -0.25) is 0 Å². The molecule has 2 nitrogen and oxygen atoms in total. The van der Waals surface area contributed by atoms with E-state index in [1.807, 2.05) is 12.3 Å². The van der Waals surface area contributed by atoms with Gasteiger partial charge in [-0.1, -0.05) is 19.1 Å². The highest BCUT2D eigenvalue weighted by molar-refractivity contribution is 4.82. The van der Waals surface area contributed by atoms with Crippen molar-refractivity contribution < 1.29 is 9.47 Å². The van der Waals surface area contributed by atoms with E-state index in [1.54, 1.807) is 0 Å². The van der Waals surface area contributed by atoms with E-state index in [1.165, 1.54) is 51.4 Å². The highest BCUT2D eigenvalue weighted by atomic mass is 16.5. The maximum Gasteiger partial charge on any atom is 0.0901 e. The molecule has 2 fully saturated rings. The monoisotopic (exact) mass is 320 g/mol. The Bertz CT molecular complexity index is 334. The summed E-state index contributed by atoms with van der Waals surface area (Å²) in [4.78, 5) is 0. The molecule has 0 radical (unpaired) electrons. The second kappa shape index (κ2) is 10.9. The van der Waals surface area contributed by atoms with Crippen LogP contribution in [0.1, 0.15) is 64.7 Å². The number of rotatable bonds is 9. The van der Waals surface area contributed by atoms with Gasteiger partial charge < -0.3 is 9.47 Å². The van der Waals surface area contributed by atoms with Crippen LogP contribution in [0.25, 0.3) is 0 Å². The van der Waals surface area contributed by atoms with Crippen LogP contribution >= 0.6 is 0 Å². The first-order chi connectivity index (χ1) is 11.3. The zero-order valence-electron chi connectivity index (χ0n) is 15.1. The first-order valence-electron chi connectivity index (χ1n) is 9.78. The zero-order chi connectivity index (χ0) is 16.3. The Kier molecular flexibility index (Phi) is 8.81. The molecular weight excluding hydrogens is 284 g/mol. The number of hydrogen-bond donors (Lipinski definition) is 0. The molecule has 0 amide bonds. The third-order valence-corrected chi connectivity index (χ3v) is 5.80. The quantitative estimate of drug-likeness (QED) is 0.306. The van der Waals surface area contributed by atoms with Crippen molar-refractivity contribution in [2.24, 2.45) is 23.7 Å². The molecule has 0 atom stereocenters. The van der Waals surface area contributed by atoms with E-state index in [-0.39, 0.29) is 0 Å². The van der Waals surface area contributed by atoms with Crippen molar-refractivity contribution in [3.05, 3.63) is 25.0 Å². The van der Waals surface area contributed by atoms with Gasteiger partial charge in [0.2, 0.25) is 0 Å². The van der Waals surface area contributed by atoms with Gasteiger partial charge in [0.05, 0.1) is 19.5 Å². The summed E-state index contributed by atoms with van der Waals surface area (Å²) in [6, 6.07) is 0. The van der Waals surface area contributed by atoms with E-state index in [0.29, 0.717) is 6.61 Å². The van der Waals surface area contributed by atoms with Gasteiger partial charge in [0.15, 0.2) is 0 Å². The van der Waals surface area contributed by atoms with E-state index in [0.717, 1.165) is 43.3 Å². The third-order valence-electron chi connectivity index (χ3n) is 5.80. The van der Waals surface area contributed by atoms with Crippen molar-refractivity contribution in [1.29, 1.82) is 0 Å². The Morgan fingerprint density at radius 2 is 1.43 bits per heavy atom. The molecule has 0 aromatic rings. The van der Waals surface area contributed by atoms with Crippen LogP contribution < -0.4 is 0 Å². The highest BCUT2D eigenvalue weighted by Gasteiger charge is 2.30. The summed E-state index contributed by atoms with van der Waals surface area (Å²) in [6.07, 6.45) is 18.1. The van der Waals surface area contributed by atoms with Crippen molar-refractivity contribution in [1.82, 2.24) is 0 Å². The van der Waals surface area contributed by atoms with Crippen LogP contribution in [-0.2, 0) is 9.47 Å². The van der Waals surface area contributed by atoms with E-state index >= 15 is 0 Å². The highest BCUT2D eigenvalue weighted by Crippen LogP contribution is 2.41. The lowest BCUT2D eigenvalue weighted by Gasteiger charge is -2.37. The maximum absolute atomic E-state index is 5.65. The summed E-state index contributed by atoms with van der Waals surface area (Å²) in [6.45, 7) is 8.43. The molecule has 2 heteroatoms. The van der Waals surface area contributed by atoms with Gasteiger partial charge in [-0.15, -0.1) is 6.58 Å². The summed E-state index contributed by atoms with van der Waals surface area (Å²) in [7, 11) is 0. The Labute approximate surface area is 143 Å². The van der Waals surface area contributed by atoms with E-state index in [9.17, 15) is 0 Å². The SMILES string of the molecule is C=CCOC[C@H]1CC[C@H](C2CCC(CO/C=C\CC)CC2)CC1. The lowest BCUT2D eigenvalue weighted by atomic mass is 9.69. The molecule has 132 valence electrons. The molecule has 0 bridgehead atoms. The predicted octanol–water partition coefficient (Wildman–Crippen LogP) is 5.74. The van der Waals surface area contributed by atoms with Gasteiger partial charge in [-0.05, 0) is 81.5 Å². The summed E-state index contributed by atoms with van der Waals surface area (Å²) >= 11 is 0. The molecular formula is C21H36O2. The van der Waals surface area contributed by atoms with Crippen molar-refractivity contribution in [3.63, 3.8) is 0 Å². The molecule has 2 aliphatic rings. The second-order valence-electron chi connectivity index (χ2n) is 7.50. The van der Waals surface area contributed by atoms with Gasteiger partial charge in [0, 0.05) is 6.61 Å². The van der Waals surface area contributed by atoms with Crippen LogP contribution in [0.4, 0.5) is 0 Å². The average molecular weight is 321 g/mol. The van der Waals surface area contributed by atoms with E-state index in [2.05, 4.69) is 19.6 Å². The Morgan fingerprint density at radius 1 is 0.870 bits per heavy atom. The molecule has 0 N–H and O–H groups in total. The lowest BCUT2D eigenvalue weighted by Crippen LogP contribution is -2.28. The number of ether oxygens (including phenoxy) is 2. The lowest BCUT2D eigenvalue weighted by molar-refractivity contribution is 0.0725. The average Bonchev–Trinajstić information content (AvgIpc) is 2.60. The van der Waals surface area contributed by atoms with Gasteiger partial charge in [0.25, 0.3) is 0 Å². The van der Waals surface area contributed by atoms with Crippen molar-refractivity contribution >= 4 is 0 Å². The van der Waals surface area contributed by atoms with Gasteiger partial charge >= 0.3 is 0 Å². The topological polar surface area (TPSA) is 18.5 Å². The standard InChI is InChI=1S/C21H36O2/c1-3-5-15-23-17-19-8-12-21(13-9-19)20-10-6-18(7-11-20)16-22-14-4-2/h4-5,15,18-21H,2-3,6-14,16-17H2,1H3/b15-5-/t18-,19?,20-,21?. The number of hydrogen-bond acceptors (Lipinski definition) is 2. The largest absolute Gasteiger partial charge is 0.501 e. The predicted molar refractivity (Wildman–Crippen MR) is 97.3 cm³/mol. The van der Waals surface area contributed by atoms with Crippen LogP contribution in [-0.4, -0.2) is 19.8 Å². The van der Waals surface area contributed by atoms with E-state index < -0.39 is 0 Å². The molecule has 0 aromatic heterocycles. The molecule has 0 heterocycles. The van der Waals surface area contributed by atoms with Gasteiger partial charge in [0.1, 0.15) is 0 Å². The third kappa shape index (κ3) is 6.71. The van der Waals surface area contributed by atoms with Crippen molar-refractivity contribution in [2.75, 3.05) is 19.8 Å². The zero-order valence-corrected chi connectivity index (χ0v) is 15.1. The van der Waals surface area contributed by atoms with E-state index in [4.69, 9.17) is 9.47 Å². The Hall–Kier alpha value is -0.760. The molecule has 0 saturated heterocycles. The fourth-order valence-corrected chi connectivity index (χ4v) is 4.33.